The SMILES string of the molecule is CCOC1(OCC)CC[C@]2(C(=O)OC)CN(C(=O)OC(C)(C)C)CC[C@H]2C1. The summed E-state index contributed by atoms with van der Waals surface area (Å²) in [5.74, 6) is -0.877. The Morgan fingerprint density at radius 2 is 1.74 bits per heavy atom. The minimum atomic E-state index is -0.735. The van der Waals surface area contributed by atoms with Gasteiger partial charge < -0.3 is 23.8 Å². The number of hydrogen-bond donors (Lipinski definition) is 0. The molecule has 0 spiro atoms. The van der Waals surface area contributed by atoms with Gasteiger partial charge in [0.15, 0.2) is 5.79 Å². The number of piperidine rings is 1. The van der Waals surface area contributed by atoms with Gasteiger partial charge in [-0.2, -0.15) is 0 Å². The molecular formula is C20H35NO6. The summed E-state index contributed by atoms with van der Waals surface area (Å²) in [6.45, 7) is 11.4. The molecule has 1 amide bonds. The first-order valence-corrected chi connectivity index (χ1v) is 9.95. The number of carbonyl (C=O) groups excluding carboxylic acids is 2. The van der Waals surface area contributed by atoms with Gasteiger partial charge in [-0.15, -0.1) is 0 Å². The first kappa shape index (κ1) is 22.0. The zero-order chi connectivity index (χ0) is 20.3. The molecule has 1 saturated carbocycles. The highest BCUT2D eigenvalue weighted by molar-refractivity contribution is 5.79. The van der Waals surface area contributed by atoms with E-state index in [1.165, 1.54) is 7.11 Å². The Morgan fingerprint density at radius 3 is 2.26 bits per heavy atom. The van der Waals surface area contributed by atoms with E-state index in [2.05, 4.69) is 0 Å². The maximum Gasteiger partial charge on any atom is 0.410 e. The number of fused-ring (bicyclic) bond motifs is 1. The summed E-state index contributed by atoms with van der Waals surface area (Å²) in [5.41, 5.74) is -1.31. The van der Waals surface area contributed by atoms with E-state index in [4.69, 9.17) is 18.9 Å². The first-order valence-electron chi connectivity index (χ1n) is 9.95. The Hall–Kier alpha value is -1.34. The lowest BCUT2D eigenvalue weighted by Gasteiger charge is -2.53. The Balaban J connectivity index is 2.24. The van der Waals surface area contributed by atoms with E-state index in [0.29, 0.717) is 52.0 Å². The second kappa shape index (κ2) is 8.35. The highest BCUT2D eigenvalue weighted by Gasteiger charge is 2.58. The summed E-state index contributed by atoms with van der Waals surface area (Å²) in [6, 6.07) is 0. The Morgan fingerprint density at radius 1 is 1.11 bits per heavy atom. The molecule has 2 atom stereocenters. The Kier molecular flexibility index (Phi) is 6.79. The molecule has 0 unspecified atom stereocenters. The molecule has 2 aliphatic rings. The van der Waals surface area contributed by atoms with Gasteiger partial charge in [-0.3, -0.25) is 4.79 Å². The van der Waals surface area contributed by atoms with E-state index in [-0.39, 0.29) is 18.0 Å². The maximum atomic E-state index is 12.8. The van der Waals surface area contributed by atoms with Crippen LogP contribution in [0.4, 0.5) is 4.79 Å². The van der Waals surface area contributed by atoms with Gasteiger partial charge in [0, 0.05) is 39.1 Å². The van der Waals surface area contributed by atoms with Crippen LogP contribution in [0.15, 0.2) is 0 Å². The highest BCUT2D eigenvalue weighted by atomic mass is 16.7. The maximum absolute atomic E-state index is 12.8. The Bertz CT molecular complexity index is 537. The van der Waals surface area contributed by atoms with E-state index in [1.54, 1.807) is 4.90 Å². The molecule has 0 aromatic heterocycles. The topological polar surface area (TPSA) is 74.3 Å². The summed E-state index contributed by atoms with van der Waals surface area (Å²) in [4.78, 5) is 27.0. The minimum Gasteiger partial charge on any atom is -0.469 e. The predicted molar refractivity (Wildman–Crippen MR) is 100 cm³/mol. The van der Waals surface area contributed by atoms with E-state index >= 15 is 0 Å². The molecule has 2 rings (SSSR count). The van der Waals surface area contributed by atoms with Crippen LogP contribution < -0.4 is 0 Å². The molecule has 27 heavy (non-hydrogen) atoms. The fourth-order valence-corrected chi connectivity index (χ4v) is 4.46. The smallest absolute Gasteiger partial charge is 0.410 e. The number of methoxy groups -OCH3 is 1. The van der Waals surface area contributed by atoms with Crippen molar-refractivity contribution in [3.63, 3.8) is 0 Å². The van der Waals surface area contributed by atoms with Gasteiger partial charge >= 0.3 is 12.1 Å². The number of rotatable bonds is 5. The van der Waals surface area contributed by atoms with E-state index in [0.717, 1.165) is 0 Å². The van der Waals surface area contributed by atoms with Crippen molar-refractivity contribution in [1.82, 2.24) is 4.90 Å². The van der Waals surface area contributed by atoms with Crippen molar-refractivity contribution >= 4 is 12.1 Å². The van der Waals surface area contributed by atoms with Gasteiger partial charge in [0.25, 0.3) is 0 Å². The quantitative estimate of drug-likeness (QED) is 0.534. The zero-order valence-electron chi connectivity index (χ0n) is 17.6. The number of carbonyl (C=O) groups is 2. The fraction of sp³-hybridized carbons (Fsp3) is 0.900. The Labute approximate surface area is 162 Å². The molecule has 0 aromatic rings. The van der Waals surface area contributed by atoms with Crippen molar-refractivity contribution in [2.24, 2.45) is 11.3 Å². The van der Waals surface area contributed by atoms with Crippen molar-refractivity contribution in [2.75, 3.05) is 33.4 Å². The third-order valence-corrected chi connectivity index (χ3v) is 5.57. The lowest BCUT2D eigenvalue weighted by Crippen LogP contribution is -2.60. The normalized spacial score (nSPS) is 27.6. The van der Waals surface area contributed by atoms with E-state index in [1.807, 2.05) is 34.6 Å². The van der Waals surface area contributed by atoms with Crippen LogP contribution in [0.3, 0.4) is 0 Å². The number of ether oxygens (including phenoxy) is 4. The summed E-state index contributed by atoms with van der Waals surface area (Å²) in [5, 5.41) is 0. The number of hydrogen-bond acceptors (Lipinski definition) is 6. The standard InChI is InChI=1S/C20H35NO6/c1-7-25-20(26-8-2)11-10-19(16(22)24-6)14-21(12-9-15(19)13-20)17(23)27-18(3,4)5/h15H,7-14H2,1-6H3/t15-,19-/m0/s1. The lowest BCUT2D eigenvalue weighted by atomic mass is 9.61. The number of nitrogens with zero attached hydrogens (tertiary/aromatic N) is 1. The number of amides is 1. The largest absolute Gasteiger partial charge is 0.469 e. The fourth-order valence-electron chi connectivity index (χ4n) is 4.46. The molecule has 0 bridgehead atoms. The van der Waals surface area contributed by atoms with Crippen molar-refractivity contribution in [2.45, 2.75) is 71.7 Å². The van der Waals surface area contributed by atoms with Crippen LogP contribution in [-0.4, -0.2) is 61.8 Å². The molecule has 1 aliphatic heterocycles. The average molecular weight is 386 g/mol. The predicted octanol–water partition coefficient (Wildman–Crippen LogP) is 3.36. The summed E-state index contributed by atoms with van der Waals surface area (Å²) < 4.78 is 22.6. The van der Waals surface area contributed by atoms with Gasteiger partial charge in [0.1, 0.15) is 5.60 Å². The lowest BCUT2D eigenvalue weighted by molar-refractivity contribution is -0.272. The molecule has 0 radical (unpaired) electrons. The molecule has 1 aliphatic carbocycles. The second-order valence-electron chi connectivity index (χ2n) is 8.52. The van der Waals surface area contributed by atoms with Gasteiger partial charge in [-0.25, -0.2) is 4.79 Å². The summed E-state index contributed by atoms with van der Waals surface area (Å²) in [7, 11) is 1.41. The highest BCUT2D eigenvalue weighted by Crippen LogP contribution is 2.52. The first-order chi connectivity index (χ1) is 12.6. The second-order valence-corrected chi connectivity index (χ2v) is 8.52. The molecule has 156 valence electrons. The van der Waals surface area contributed by atoms with Gasteiger partial charge in [0.05, 0.1) is 12.5 Å². The summed E-state index contributed by atoms with van der Waals surface area (Å²) in [6.07, 6.45) is 2.10. The van der Waals surface area contributed by atoms with Crippen molar-refractivity contribution in [3.8, 4) is 0 Å². The van der Waals surface area contributed by atoms with Crippen LogP contribution in [0.1, 0.15) is 60.3 Å². The average Bonchev–Trinajstić information content (AvgIpc) is 2.59. The molecule has 7 nitrogen and oxygen atoms in total. The molecule has 7 heteroatoms. The molecule has 1 heterocycles. The van der Waals surface area contributed by atoms with Crippen LogP contribution in [-0.2, 0) is 23.7 Å². The van der Waals surface area contributed by atoms with Gasteiger partial charge in [-0.1, -0.05) is 0 Å². The van der Waals surface area contributed by atoms with E-state index < -0.39 is 16.8 Å². The van der Waals surface area contributed by atoms with Crippen molar-refractivity contribution in [3.05, 3.63) is 0 Å². The molecule has 0 N–H and O–H groups in total. The number of likely N-dealkylation sites (tertiary alicyclic amines) is 1. The third-order valence-electron chi connectivity index (χ3n) is 5.57. The monoisotopic (exact) mass is 385 g/mol. The van der Waals surface area contributed by atoms with Crippen molar-refractivity contribution < 1.29 is 28.5 Å². The zero-order valence-corrected chi connectivity index (χ0v) is 17.6. The van der Waals surface area contributed by atoms with Gasteiger partial charge in [0.2, 0.25) is 0 Å². The van der Waals surface area contributed by atoms with Crippen molar-refractivity contribution in [1.29, 1.82) is 0 Å². The molecule has 2 fully saturated rings. The number of esters is 1. The van der Waals surface area contributed by atoms with Crippen LogP contribution in [0.25, 0.3) is 0 Å². The van der Waals surface area contributed by atoms with Crippen LogP contribution >= 0.6 is 0 Å². The van der Waals surface area contributed by atoms with Crippen LogP contribution in [0.2, 0.25) is 0 Å². The molecule has 0 aromatic carbocycles. The van der Waals surface area contributed by atoms with Crippen LogP contribution in [0.5, 0.6) is 0 Å². The molecule has 1 saturated heterocycles. The van der Waals surface area contributed by atoms with Crippen LogP contribution in [0, 0.1) is 11.3 Å². The molecular weight excluding hydrogens is 350 g/mol. The van der Waals surface area contributed by atoms with Gasteiger partial charge in [-0.05, 0) is 53.4 Å². The van der Waals surface area contributed by atoms with E-state index in [9.17, 15) is 9.59 Å². The minimum absolute atomic E-state index is 0.0375. The summed E-state index contributed by atoms with van der Waals surface area (Å²) >= 11 is 0. The third kappa shape index (κ3) is 4.74.